The van der Waals surface area contributed by atoms with Gasteiger partial charge in [0.2, 0.25) is 0 Å². The average Bonchev–Trinajstić information content (AvgIpc) is 2.38. The van der Waals surface area contributed by atoms with Crippen LogP contribution in [-0.4, -0.2) is 13.1 Å². The van der Waals surface area contributed by atoms with Crippen molar-refractivity contribution in [2.24, 2.45) is 0 Å². The zero-order chi connectivity index (χ0) is 12.3. The van der Waals surface area contributed by atoms with E-state index in [1.807, 2.05) is 36.4 Å². The highest BCUT2D eigenvalue weighted by molar-refractivity contribution is 6.30. The van der Waals surface area contributed by atoms with E-state index in [-0.39, 0.29) is 5.97 Å². The molecular formula is C14H11ClO2. The summed E-state index contributed by atoms with van der Waals surface area (Å²) in [7, 11) is 1.37. The predicted octanol–water partition coefficient (Wildman–Crippen LogP) is 3.79. The second-order valence-electron chi connectivity index (χ2n) is 3.58. The third-order valence-corrected chi connectivity index (χ3v) is 2.68. The first kappa shape index (κ1) is 11.7. The van der Waals surface area contributed by atoms with Crippen molar-refractivity contribution >= 4 is 17.6 Å². The van der Waals surface area contributed by atoms with Crippen molar-refractivity contribution in [1.29, 1.82) is 0 Å². The summed E-state index contributed by atoms with van der Waals surface area (Å²) in [5.41, 5.74) is 2.45. The van der Waals surface area contributed by atoms with Crippen LogP contribution in [0, 0.1) is 0 Å². The summed E-state index contributed by atoms with van der Waals surface area (Å²) in [5.74, 6) is -0.339. The Labute approximate surface area is 105 Å². The van der Waals surface area contributed by atoms with Crippen molar-refractivity contribution < 1.29 is 9.53 Å². The molecule has 0 saturated heterocycles. The molecule has 0 saturated carbocycles. The predicted molar refractivity (Wildman–Crippen MR) is 68.2 cm³/mol. The molecule has 2 nitrogen and oxygen atoms in total. The summed E-state index contributed by atoms with van der Waals surface area (Å²) in [5, 5.41) is 0.672. The molecule has 0 aliphatic carbocycles. The molecule has 0 amide bonds. The highest BCUT2D eigenvalue weighted by atomic mass is 35.5. The fourth-order valence-corrected chi connectivity index (χ4v) is 1.80. The van der Waals surface area contributed by atoms with E-state index in [0.29, 0.717) is 10.6 Å². The second-order valence-corrected chi connectivity index (χ2v) is 4.02. The normalized spacial score (nSPS) is 10.0. The molecule has 0 aromatic heterocycles. The highest BCUT2D eigenvalue weighted by Gasteiger charge is 2.06. The number of carbonyl (C=O) groups is 1. The number of esters is 1. The van der Waals surface area contributed by atoms with E-state index in [1.165, 1.54) is 7.11 Å². The van der Waals surface area contributed by atoms with E-state index in [1.54, 1.807) is 12.1 Å². The van der Waals surface area contributed by atoms with Gasteiger partial charge < -0.3 is 4.74 Å². The second kappa shape index (κ2) is 5.02. The minimum absolute atomic E-state index is 0.339. The summed E-state index contributed by atoms with van der Waals surface area (Å²) in [6, 6.07) is 14.8. The lowest BCUT2D eigenvalue weighted by Gasteiger charge is -2.04. The number of ether oxygens (including phenoxy) is 1. The van der Waals surface area contributed by atoms with Crippen LogP contribution in [0.2, 0.25) is 5.02 Å². The zero-order valence-electron chi connectivity index (χ0n) is 9.31. The van der Waals surface area contributed by atoms with Gasteiger partial charge in [-0.3, -0.25) is 0 Å². The molecule has 0 N–H and O–H groups in total. The number of halogens is 1. The third-order valence-electron chi connectivity index (χ3n) is 2.44. The van der Waals surface area contributed by atoms with E-state index >= 15 is 0 Å². The van der Waals surface area contributed by atoms with Gasteiger partial charge in [-0.15, -0.1) is 0 Å². The standard InChI is InChI=1S/C14H11ClO2/c1-17-14(16)12-6-2-4-10(8-12)11-5-3-7-13(15)9-11/h2-9H,1H3. The summed E-state index contributed by atoms with van der Waals surface area (Å²) >= 11 is 5.93. The van der Waals surface area contributed by atoms with Crippen LogP contribution in [-0.2, 0) is 4.74 Å². The van der Waals surface area contributed by atoms with E-state index in [4.69, 9.17) is 11.6 Å². The molecule has 86 valence electrons. The van der Waals surface area contributed by atoms with Crippen LogP contribution in [0.15, 0.2) is 48.5 Å². The lowest BCUT2D eigenvalue weighted by atomic mass is 10.0. The topological polar surface area (TPSA) is 26.3 Å². The van der Waals surface area contributed by atoms with Crippen molar-refractivity contribution in [3.63, 3.8) is 0 Å². The average molecular weight is 247 g/mol. The Balaban J connectivity index is 2.43. The molecule has 0 spiro atoms. The zero-order valence-corrected chi connectivity index (χ0v) is 10.1. The fraction of sp³-hybridized carbons (Fsp3) is 0.0714. The molecule has 0 aliphatic heterocycles. The molecule has 0 heterocycles. The molecule has 0 bridgehead atoms. The van der Waals surface area contributed by atoms with E-state index in [9.17, 15) is 4.79 Å². The minimum Gasteiger partial charge on any atom is -0.465 e. The summed E-state index contributed by atoms with van der Waals surface area (Å²) in [6.07, 6.45) is 0. The molecule has 0 aliphatic rings. The van der Waals surface area contributed by atoms with Gasteiger partial charge in [0.1, 0.15) is 0 Å². The number of benzene rings is 2. The first-order valence-electron chi connectivity index (χ1n) is 5.15. The van der Waals surface area contributed by atoms with E-state index in [2.05, 4.69) is 4.74 Å². The lowest BCUT2D eigenvalue weighted by Crippen LogP contribution is -2.00. The van der Waals surface area contributed by atoms with Crippen LogP contribution in [0.4, 0.5) is 0 Å². The van der Waals surface area contributed by atoms with Gasteiger partial charge in [0.15, 0.2) is 0 Å². The minimum atomic E-state index is -0.339. The molecule has 0 atom stereocenters. The Morgan fingerprint density at radius 1 is 1.06 bits per heavy atom. The van der Waals surface area contributed by atoms with Gasteiger partial charge in [0.05, 0.1) is 12.7 Å². The largest absolute Gasteiger partial charge is 0.465 e. The molecular weight excluding hydrogens is 236 g/mol. The van der Waals surface area contributed by atoms with Crippen molar-refractivity contribution in [2.75, 3.05) is 7.11 Å². The van der Waals surface area contributed by atoms with Gasteiger partial charge >= 0.3 is 5.97 Å². The summed E-state index contributed by atoms with van der Waals surface area (Å²) < 4.78 is 4.69. The molecule has 0 radical (unpaired) electrons. The van der Waals surface area contributed by atoms with Gasteiger partial charge in [-0.25, -0.2) is 4.79 Å². The molecule has 2 aromatic carbocycles. The van der Waals surface area contributed by atoms with Crippen LogP contribution in [0.25, 0.3) is 11.1 Å². The smallest absolute Gasteiger partial charge is 0.337 e. The van der Waals surface area contributed by atoms with Gasteiger partial charge in [0, 0.05) is 5.02 Å². The van der Waals surface area contributed by atoms with E-state index < -0.39 is 0 Å². The molecule has 0 unspecified atom stereocenters. The number of carbonyl (C=O) groups excluding carboxylic acids is 1. The number of methoxy groups -OCH3 is 1. The van der Waals surface area contributed by atoms with Crippen molar-refractivity contribution in [3.05, 3.63) is 59.1 Å². The van der Waals surface area contributed by atoms with Gasteiger partial charge in [-0.2, -0.15) is 0 Å². The molecule has 3 heteroatoms. The first-order chi connectivity index (χ1) is 8.20. The van der Waals surface area contributed by atoms with Crippen LogP contribution >= 0.6 is 11.6 Å². The van der Waals surface area contributed by atoms with Gasteiger partial charge in [-0.05, 0) is 35.4 Å². The first-order valence-corrected chi connectivity index (χ1v) is 5.53. The maximum absolute atomic E-state index is 11.4. The Morgan fingerprint density at radius 3 is 2.35 bits per heavy atom. The SMILES string of the molecule is COC(=O)c1cccc(-c2cccc(Cl)c2)c1. The van der Waals surface area contributed by atoms with Crippen LogP contribution < -0.4 is 0 Å². The number of hydrogen-bond acceptors (Lipinski definition) is 2. The van der Waals surface area contributed by atoms with Crippen LogP contribution in [0.5, 0.6) is 0 Å². The monoisotopic (exact) mass is 246 g/mol. The quantitative estimate of drug-likeness (QED) is 0.754. The third kappa shape index (κ3) is 2.66. The lowest BCUT2D eigenvalue weighted by molar-refractivity contribution is 0.0601. The summed E-state index contributed by atoms with van der Waals surface area (Å²) in [6.45, 7) is 0. The Morgan fingerprint density at radius 2 is 1.71 bits per heavy atom. The maximum Gasteiger partial charge on any atom is 0.337 e. The van der Waals surface area contributed by atoms with Crippen molar-refractivity contribution in [3.8, 4) is 11.1 Å². The molecule has 2 aromatic rings. The van der Waals surface area contributed by atoms with Gasteiger partial charge in [0.25, 0.3) is 0 Å². The van der Waals surface area contributed by atoms with Gasteiger partial charge in [-0.1, -0.05) is 35.9 Å². The Bertz CT molecular complexity index is 549. The Kier molecular flexibility index (Phi) is 3.45. The molecule has 0 fully saturated rings. The summed E-state index contributed by atoms with van der Waals surface area (Å²) in [4.78, 5) is 11.4. The molecule has 17 heavy (non-hydrogen) atoms. The van der Waals surface area contributed by atoms with Crippen LogP contribution in [0.1, 0.15) is 10.4 Å². The maximum atomic E-state index is 11.4. The fourth-order valence-electron chi connectivity index (χ4n) is 1.61. The van der Waals surface area contributed by atoms with Crippen molar-refractivity contribution in [2.45, 2.75) is 0 Å². The highest BCUT2D eigenvalue weighted by Crippen LogP contribution is 2.23. The number of hydrogen-bond donors (Lipinski definition) is 0. The van der Waals surface area contributed by atoms with E-state index in [0.717, 1.165) is 11.1 Å². The molecule has 2 rings (SSSR count). The Hall–Kier alpha value is -1.80. The van der Waals surface area contributed by atoms with Crippen LogP contribution in [0.3, 0.4) is 0 Å². The number of rotatable bonds is 2. The van der Waals surface area contributed by atoms with Crippen molar-refractivity contribution in [1.82, 2.24) is 0 Å².